The van der Waals surface area contributed by atoms with Crippen molar-refractivity contribution in [3.8, 4) is 17.6 Å². The Bertz CT molecular complexity index is 1070. The van der Waals surface area contributed by atoms with Crippen molar-refractivity contribution < 1.29 is 14.3 Å². The molecule has 8 nitrogen and oxygen atoms in total. The topological polar surface area (TPSA) is 109 Å². The number of aryl methyl sites for hydroxylation is 1. The predicted molar refractivity (Wildman–Crippen MR) is 109 cm³/mol. The van der Waals surface area contributed by atoms with E-state index < -0.39 is 0 Å². The highest BCUT2D eigenvalue weighted by molar-refractivity contribution is 6.03. The van der Waals surface area contributed by atoms with Gasteiger partial charge in [0.15, 0.2) is 11.5 Å². The minimum absolute atomic E-state index is 0.213. The van der Waals surface area contributed by atoms with Crippen LogP contribution in [0.3, 0.4) is 0 Å². The zero-order valence-electron chi connectivity index (χ0n) is 16.2. The molecule has 0 aliphatic heterocycles. The van der Waals surface area contributed by atoms with Crippen molar-refractivity contribution in [1.82, 2.24) is 9.97 Å². The van der Waals surface area contributed by atoms with Gasteiger partial charge in [-0.25, -0.2) is 9.97 Å². The third-order valence-corrected chi connectivity index (χ3v) is 4.00. The number of ether oxygens (including phenoxy) is 2. The van der Waals surface area contributed by atoms with Crippen molar-refractivity contribution >= 4 is 23.2 Å². The number of hydrogen-bond acceptors (Lipinski definition) is 7. The van der Waals surface area contributed by atoms with E-state index in [4.69, 9.17) is 14.7 Å². The van der Waals surface area contributed by atoms with Gasteiger partial charge in [0.05, 0.1) is 25.9 Å². The molecule has 1 heterocycles. The monoisotopic (exact) mass is 389 g/mol. The van der Waals surface area contributed by atoms with E-state index in [1.807, 2.05) is 6.07 Å². The molecule has 0 aliphatic carbocycles. The molecule has 0 atom stereocenters. The van der Waals surface area contributed by atoms with Gasteiger partial charge in [0.25, 0.3) is 5.91 Å². The van der Waals surface area contributed by atoms with Crippen LogP contribution in [0, 0.1) is 18.3 Å². The first-order valence-electron chi connectivity index (χ1n) is 8.68. The van der Waals surface area contributed by atoms with Crippen molar-refractivity contribution in [3.05, 3.63) is 65.5 Å². The number of anilines is 3. The maximum Gasteiger partial charge on any atom is 0.274 e. The van der Waals surface area contributed by atoms with Crippen LogP contribution in [-0.2, 0) is 0 Å². The predicted octanol–water partition coefficient (Wildman–Crippen LogP) is 3.67. The molecule has 29 heavy (non-hydrogen) atoms. The molecule has 0 radical (unpaired) electrons. The zero-order valence-corrected chi connectivity index (χ0v) is 16.2. The highest BCUT2D eigenvalue weighted by Crippen LogP contribution is 2.30. The number of nitriles is 1. The molecule has 0 aliphatic rings. The van der Waals surface area contributed by atoms with Crippen LogP contribution in [0.25, 0.3) is 0 Å². The summed E-state index contributed by atoms with van der Waals surface area (Å²) < 4.78 is 10.5. The average Bonchev–Trinajstić information content (AvgIpc) is 2.73. The number of methoxy groups -OCH3 is 2. The molecule has 0 saturated carbocycles. The van der Waals surface area contributed by atoms with Crippen LogP contribution in [0.15, 0.2) is 48.5 Å². The average molecular weight is 389 g/mol. The first-order valence-corrected chi connectivity index (χ1v) is 8.68. The molecule has 146 valence electrons. The number of hydrogen-bond donors (Lipinski definition) is 2. The zero-order chi connectivity index (χ0) is 20.8. The van der Waals surface area contributed by atoms with Crippen molar-refractivity contribution in [2.75, 3.05) is 24.9 Å². The first kappa shape index (κ1) is 19.6. The van der Waals surface area contributed by atoms with Gasteiger partial charge < -0.3 is 20.1 Å². The van der Waals surface area contributed by atoms with Crippen LogP contribution < -0.4 is 20.1 Å². The Kier molecular flexibility index (Phi) is 5.90. The van der Waals surface area contributed by atoms with Crippen molar-refractivity contribution in [1.29, 1.82) is 5.26 Å². The van der Waals surface area contributed by atoms with E-state index in [9.17, 15) is 4.79 Å². The van der Waals surface area contributed by atoms with Crippen molar-refractivity contribution in [2.45, 2.75) is 6.92 Å². The van der Waals surface area contributed by atoms with Crippen LogP contribution in [0.4, 0.5) is 17.3 Å². The SMILES string of the molecule is COc1ccc(Nc2nc(C)cc(C(=O)Nc3ccc(C#N)cc3)n2)cc1OC. The second-order valence-corrected chi connectivity index (χ2v) is 6.06. The summed E-state index contributed by atoms with van der Waals surface area (Å²) in [4.78, 5) is 21.2. The smallest absolute Gasteiger partial charge is 0.274 e. The van der Waals surface area contributed by atoms with Crippen molar-refractivity contribution in [3.63, 3.8) is 0 Å². The van der Waals surface area contributed by atoms with Gasteiger partial charge in [-0.3, -0.25) is 4.79 Å². The summed E-state index contributed by atoms with van der Waals surface area (Å²) >= 11 is 0. The van der Waals surface area contributed by atoms with Gasteiger partial charge in [-0.2, -0.15) is 5.26 Å². The molecule has 3 aromatic rings. The summed E-state index contributed by atoms with van der Waals surface area (Å²) in [7, 11) is 3.11. The minimum Gasteiger partial charge on any atom is -0.493 e. The lowest BCUT2D eigenvalue weighted by molar-refractivity contribution is 0.102. The normalized spacial score (nSPS) is 10.0. The fourth-order valence-electron chi connectivity index (χ4n) is 2.61. The number of carbonyl (C=O) groups is 1. The second kappa shape index (κ2) is 8.71. The van der Waals surface area contributed by atoms with Gasteiger partial charge in [-0.1, -0.05) is 0 Å². The van der Waals surface area contributed by atoms with Gasteiger partial charge in [0.1, 0.15) is 5.69 Å². The molecule has 2 N–H and O–H groups in total. The Morgan fingerprint density at radius 2 is 1.66 bits per heavy atom. The number of benzene rings is 2. The Hall–Kier alpha value is -4.12. The van der Waals surface area contributed by atoms with Gasteiger partial charge in [-0.05, 0) is 49.4 Å². The Labute approximate surface area is 168 Å². The summed E-state index contributed by atoms with van der Waals surface area (Å²) in [5.41, 5.74) is 2.62. The molecular weight excluding hydrogens is 370 g/mol. The number of rotatable bonds is 6. The van der Waals surface area contributed by atoms with Crippen LogP contribution in [-0.4, -0.2) is 30.1 Å². The Morgan fingerprint density at radius 1 is 0.966 bits per heavy atom. The molecule has 1 amide bonds. The molecular formula is C21H19N5O3. The van der Waals surface area contributed by atoms with Crippen LogP contribution in [0.5, 0.6) is 11.5 Å². The van der Waals surface area contributed by atoms with E-state index in [0.29, 0.717) is 34.1 Å². The summed E-state index contributed by atoms with van der Waals surface area (Å²) in [5.74, 6) is 1.06. The lowest BCUT2D eigenvalue weighted by Crippen LogP contribution is -2.15. The quantitative estimate of drug-likeness (QED) is 0.662. The maximum atomic E-state index is 12.6. The molecule has 0 spiro atoms. The summed E-state index contributed by atoms with van der Waals surface area (Å²) in [6.45, 7) is 1.78. The molecule has 2 aromatic carbocycles. The molecule has 8 heteroatoms. The molecule has 0 saturated heterocycles. The number of aromatic nitrogens is 2. The van der Waals surface area contributed by atoms with E-state index in [-0.39, 0.29) is 17.5 Å². The lowest BCUT2D eigenvalue weighted by Gasteiger charge is -2.11. The number of nitrogens with zero attached hydrogens (tertiary/aromatic N) is 3. The van der Waals surface area contributed by atoms with E-state index in [1.165, 1.54) is 0 Å². The molecule has 0 bridgehead atoms. The van der Waals surface area contributed by atoms with Gasteiger partial charge >= 0.3 is 0 Å². The molecule has 0 fully saturated rings. The Balaban J connectivity index is 1.80. The summed E-state index contributed by atoms with van der Waals surface area (Å²) in [5, 5.41) is 14.7. The third-order valence-electron chi connectivity index (χ3n) is 4.00. The Morgan fingerprint density at radius 3 is 2.31 bits per heavy atom. The van der Waals surface area contributed by atoms with E-state index in [0.717, 1.165) is 0 Å². The van der Waals surface area contributed by atoms with Gasteiger partial charge in [0, 0.05) is 23.1 Å². The first-order chi connectivity index (χ1) is 14.0. The van der Waals surface area contributed by atoms with Crippen molar-refractivity contribution in [2.24, 2.45) is 0 Å². The summed E-state index contributed by atoms with van der Waals surface area (Å²) in [6.07, 6.45) is 0. The van der Waals surface area contributed by atoms with Gasteiger partial charge in [0.2, 0.25) is 5.95 Å². The van der Waals surface area contributed by atoms with E-state index in [2.05, 4.69) is 20.6 Å². The number of carbonyl (C=O) groups excluding carboxylic acids is 1. The number of amides is 1. The number of nitrogens with one attached hydrogen (secondary N) is 2. The minimum atomic E-state index is -0.379. The lowest BCUT2D eigenvalue weighted by atomic mass is 10.2. The highest BCUT2D eigenvalue weighted by Gasteiger charge is 2.12. The van der Waals surface area contributed by atoms with Crippen LogP contribution in [0.1, 0.15) is 21.7 Å². The highest BCUT2D eigenvalue weighted by atomic mass is 16.5. The molecule has 1 aromatic heterocycles. The summed E-state index contributed by atoms with van der Waals surface area (Å²) in [6, 6.07) is 15.5. The second-order valence-electron chi connectivity index (χ2n) is 6.06. The van der Waals surface area contributed by atoms with E-state index in [1.54, 1.807) is 69.7 Å². The van der Waals surface area contributed by atoms with E-state index >= 15 is 0 Å². The van der Waals surface area contributed by atoms with Crippen LogP contribution >= 0.6 is 0 Å². The fourth-order valence-corrected chi connectivity index (χ4v) is 2.61. The third kappa shape index (κ3) is 4.78. The standard InChI is InChI=1S/C21H19N5O3/c1-13-10-17(20(27)24-15-6-4-14(12-22)5-7-15)26-21(23-13)25-16-8-9-18(28-2)19(11-16)29-3/h4-11H,1-3H3,(H,24,27)(H,23,25,26). The largest absolute Gasteiger partial charge is 0.493 e. The van der Waals surface area contributed by atoms with Gasteiger partial charge in [-0.15, -0.1) is 0 Å². The molecule has 3 rings (SSSR count). The van der Waals surface area contributed by atoms with Crippen LogP contribution in [0.2, 0.25) is 0 Å². The fraction of sp³-hybridized carbons (Fsp3) is 0.143. The molecule has 0 unspecified atom stereocenters. The maximum absolute atomic E-state index is 12.6.